The maximum absolute atomic E-state index is 8.99. The van der Waals surface area contributed by atoms with Gasteiger partial charge in [0.1, 0.15) is 30.5 Å². The fraction of sp³-hybridized carbons (Fsp3) is 1.00. The molecule has 0 amide bonds. The summed E-state index contributed by atoms with van der Waals surface area (Å²) in [7, 11) is 0. The Kier molecular flexibility index (Phi) is 2.61. The molecule has 78 valence electrons. The monoisotopic (exact) mass is 196 g/mol. The lowest BCUT2D eigenvalue weighted by Gasteiger charge is -2.44. The van der Waals surface area contributed by atoms with Crippen molar-refractivity contribution in [2.24, 2.45) is 0 Å². The Morgan fingerprint density at radius 3 is 1.23 bits per heavy atom. The molecule has 0 aromatic rings. The van der Waals surface area contributed by atoms with Gasteiger partial charge >= 0.3 is 0 Å². The minimum Gasteiger partial charge on any atom is -0.387 e. The van der Waals surface area contributed by atoms with E-state index < -0.39 is 36.3 Å². The lowest BCUT2D eigenvalue weighted by molar-refractivity contribution is -0.344. The Labute approximate surface area is 73.1 Å². The maximum Gasteiger partial charge on any atom is 0.221 e. The van der Waals surface area contributed by atoms with Crippen LogP contribution in [0.1, 0.15) is 0 Å². The topological polar surface area (TPSA) is 142 Å². The van der Waals surface area contributed by atoms with Crippen LogP contribution in [0.4, 0.5) is 0 Å². The summed E-state index contributed by atoms with van der Waals surface area (Å²) in [4.78, 5) is 0. The summed E-state index contributed by atoms with van der Waals surface area (Å²) in [6.45, 7) is 0. The first kappa shape index (κ1) is 10.8. The molecule has 0 aromatic carbocycles. The summed E-state index contributed by atoms with van der Waals surface area (Å²) in [6, 6.07) is 0. The lowest BCUT2D eigenvalue weighted by atomic mass is 9.82. The molecule has 0 heterocycles. The average Bonchev–Trinajstić information content (AvgIpc) is 2.09. The summed E-state index contributed by atoms with van der Waals surface area (Å²) in [5.41, 5.74) is 0. The molecule has 0 aromatic heterocycles. The normalized spacial score (nSPS) is 50.5. The van der Waals surface area contributed by atoms with E-state index in [9.17, 15) is 0 Å². The van der Waals surface area contributed by atoms with Crippen LogP contribution in [0.3, 0.4) is 0 Å². The fourth-order valence-corrected chi connectivity index (χ4v) is 1.25. The van der Waals surface area contributed by atoms with Crippen LogP contribution in [0.2, 0.25) is 0 Å². The van der Waals surface area contributed by atoms with Gasteiger partial charge in [0.2, 0.25) is 5.79 Å². The molecule has 1 rings (SSSR count). The zero-order chi connectivity index (χ0) is 10.4. The third-order valence-corrected chi connectivity index (χ3v) is 2.22. The van der Waals surface area contributed by atoms with Crippen molar-refractivity contribution in [2.75, 3.05) is 0 Å². The second kappa shape index (κ2) is 3.14. The van der Waals surface area contributed by atoms with E-state index in [0.717, 1.165) is 0 Å². The van der Waals surface area contributed by atoms with Crippen molar-refractivity contribution in [3.05, 3.63) is 0 Å². The van der Waals surface area contributed by atoms with Crippen molar-refractivity contribution in [1.29, 1.82) is 0 Å². The van der Waals surface area contributed by atoms with Crippen LogP contribution in [0, 0.1) is 0 Å². The molecule has 1 saturated carbocycles. The molecule has 0 radical (unpaired) electrons. The highest BCUT2D eigenvalue weighted by Crippen LogP contribution is 2.27. The van der Waals surface area contributed by atoms with Crippen LogP contribution >= 0.6 is 0 Å². The minimum absolute atomic E-state index is 1.82. The van der Waals surface area contributed by atoms with Gasteiger partial charge in [0.05, 0.1) is 0 Å². The Balaban J connectivity index is 2.93. The van der Waals surface area contributed by atoms with E-state index in [-0.39, 0.29) is 0 Å². The molecular weight excluding hydrogens is 184 g/mol. The predicted molar refractivity (Wildman–Crippen MR) is 37.2 cm³/mol. The second-order valence-corrected chi connectivity index (χ2v) is 3.14. The standard InChI is InChI=1S/C6H12O7/c7-1-2(8)4(10)6(12,13)5(11)3(1)9/h1-5,7-13H/t1-,2-,3+,4-,5-/m1/s1. The quantitative estimate of drug-likeness (QED) is 0.193. The van der Waals surface area contributed by atoms with E-state index in [2.05, 4.69) is 0 Å². The molecule has 1 aliphatic carbocycles. The maximum atomic E-state index is 8.99. The van der Waals surface area contributed by atoms with Gasteiger partial charge in [0, 0.05) is 0 Å². The summed E-state index contributed by atoms with van der Waals surface area (Å²) >= 11 is 0. The molecule has 0 spiro atoms. The first-order valence-corrected chi connectivity index (χ1v) is 3.65. The van der Waals surface area contributed by atoms with Gasteiger partial charge in [0.25, 0.3) is 0 Å². The zero-order valence-corrected chi connectivity index (χ0v) is 6.52. The molecule has 5 atom stereocenters. The third kappa shape index (κ3) is 1.44. The number of aliphatic hydroxyl groups excluding tert-OH is 5. The van der Waals surface area contributed by atoms with Gasteiger partial charge in [-0.3, -0.25) is 0 Å². The van der Waals surface area contributed by atoms with E-state index in [1.54, 1.807) is 0 Å². The molecule has 7 N–H and O–H groups in total. The number of rotatable bonds is 0. The van der Waals surface area contributed by atoms with Crippen molar-refractivity contribution < 1.29 is 35.7 Å². The fourth-order valence-electron chi connectivity index (χ4n) is 1.25. The van der Waals surface area contributed by atoms with Crippen LogP contribution < -0.4 is 0 Å². The van der Waals surface area contributed by atoms with Crippen LogP contribution in [-0.4, -0.2) is 72.1 Å². The smallest absolute Gasteiger partial charge is 0.221 e. The molecule has 0 aliphatic heterocycles. The molecule has 0 saturated heterocycles. The average molecular weight is 196 g/mol. The first-order chi connectivity index (χ1) is 5.80. The van der Waals surface area contributed by atoms with Crippen LogP contribution in [-0.2, 0) is 0 Å². The number of hydrogen-bond donors (Lipinski definition) is 7. The van der Waals surface area contributed by atoms with E-state index in [1.165, 1.54) is 0 Å². The summed E-state index contributed by atoms with van der Waals surface area (Å²) in [6.07, 6.45) is -9.94. The largest absolute Gasteiger partial charge is 0.387 e. The molecule has 0 unspecified atom stereocenters. The van der Waals surface area contributed by atoms with Crippen LogP contribution in [0.25, 0.3) is 0 Å². The van der Waals surface area contributed by atoms with Crippen molar-refractivity contribution in [1.82, 2.24) is 0 Å². The van der Waals surface area contributed by atoms with Crippen LogP contribution in [0.15, 0.2) is 0 Å². The van der Waals surface area contributed by atoms with Gasteiger partial charge in [0.15, 0.2) is 0 Å². The van der Waals surface area contributed by atoms with E-state index in [1.807, 2.05) is 0 Å². The molecule has 7 nitrogen and oxygen atoms in total. The summed E-state index contributed by atoms with van der Waals surface area (Å²) in [5.74, 6) is -3.03. The molecule has 1 aliphatic rings. The Morgan fingerprint density at radius 2 is 0.923 bits per heavy atom. The van der Waals surface area contributed by atoms with Gasteiger partial charge in [-0.2, -0.15) is 0 Å². The summed E-state index contributed by atoms with van der Waals surface area (Å²) < 4.78 is 0. The van der Waals surface area contributed by atoms with Gasteiger partial charge in [-0.1, -0.05) is 0 Å². The van der Waals surface area contributed by atoms with Gasteiger partial charge < -0.3 is 35.7 Å². The Morgan fingerprint density at radius 1 is 0.615 bits per heavy atom. The SMILES string of the molecule is O[C@@H]1[C@@H](O)[C@@H](O)C(O)(O)[C@H](O)[C@H]1O. The Bertz CT molecular complexity index is 175. The second-order valence-electron chi connectivity index (χ2n) is 3.14. The zero-order valence-electron chi connectivity index (χ0n) is 6.52. The molecule has 0 bridgehead atoms. The minimum atomic E-state index is -3.03. The van der Waals surface area contributed by atoms with Crippen LogP contribution in [0.5, 0.6) is 0 Å². The van der Waals surface area contributed by atoms with Crippen molar-refractivity contribution in [2.45, 2.75) is 36.3 Å². The predicted octanol–water partition coefficient (Wildman–Crippen LogP) is -4.51. The lowest BCUT2D eigenvalue weighted by Crippen LogP contribution is -2.70. The number of hydrogen-bond acceptors (Lipinski definition) is 7. The van der Waals surface area contributed by atoms with E-state index in [0.29, 0.717) is 0 Å². The Hall–Kier alpha value is -0.280. The molecular formula is C6H12O7. The third-order valence-electron chi connectivity index (χ3n) is 2.22. The number of aliphatic hydroxyl groups is 7. The van der Waals surface area contributed by atoms with E-state index >= 15 is 0 Å². The van der Waals surface area contributed by atoms with Gasteiger partial charge in [-0.25, -0.2) is 0 Å². The van der Waals surface area contributed by atoms with E-state index in [4.69, 9.17) is 35.7 Å². The van der Waals surface area contributed by atoms with Crippen molar-refractivity contribution in [3.8, 4) is 0 Å². The van der Waals surface area contributed by atoms with Crippen molar-refractivity contribution >= 4 is 0 Å². The molecule has 7 heteroatoms. The highest BCUT2D eigenvalue weighted by molar-refractivity contribution is 5.02. The van der Waals surface area contributed by atoms with Crippen molar-refractivity contribution in [3.63, 3.8) is 0 Å². The molecule has 13 heavy (non-hydrogen) atoms. The van der Waals surface area contributed by atoms with Gasteiger partial charge in [-0.05, 0) is 0 Å². The highest BCUT2D eigenvalue weighted by atomic mass is 16.6. The molecule has 1 fully saturated rings. The highest BCUT2D eigenvalue weighted by Gasteiger charge is 2.56. The summed E-state index contributed by atoms with van der Waals surface area (Å²) in [5, 5.41) is 62.9. The van der Waals surface area contributed by atoms with Gasteiger partial charge in [-0.15, -0.1) is 0 Å². The first-order valence-electron chi connectivity index (χ1n) is 3.65.